The summed E-state index contributed by atoms with van der Waals surface area (Å²) in [7, 11) is -4.29. The molecule has 0 aromatic carbocycles. The van der Waals surface area contributed by atoms with E-state index in [0.717, 1.165) is 0 Å². The predicted octanol–water partition coefficient (Wildman–Crippen LogP) is -0.122. The van der Waals surface area contributed by atoms with Crippen molar-refractivity contribution < 1.29 is 23.8 Å². The fraction of sp³-hybridized carbons (Fsp3) is 0.667. The van der Waals surface area contributed by atoms with Crippen molar-refractivity contribution in [2.75, 3.05) is 6.35 Å². The van der Waals surface area contributed by atoms with Gasteiger partial charge in [-0.05, 0) is 6.92 Å². The van der Waals surface area contributed by atoms with Crippen molar-refractivity contribution >= 4 is 7.60 Å². The van der Waals surface area contributed by atoms with Gasteiger partial charge < -0.3 is 19.3 Å². The van der Waals surface area contributed by atoms with Crippen LogP contribution >= 0.6 is 7.60 Å². The summed E-state index contributed by atoms with van der Waals surface area (Å²) in [4.78, 5) is 43.4. The maximum Gasteiger partial charge on any atom is 0.351 e. The number of hydrogen-bond acceptors (Lipinski definition) is 5. The predicted molar refractivity (Wildman–Crippen MR) is 74.2 cm³/mol. The van der Waals surface area contributed by atoms with Crippen LogP contribution in [-0.4, -0.2) is 31.5 Å². The van der Waals surface area contributed by atoms with Crippen molar-refractivity contribution in [3.05, 3.63) is 32.6 Å². The molecule has 10 heteroatoms. The molecule has 0 radical (unpaired) electrons. The zero-order valence-electron chi connectivity index (χ0n) is 12.1. The number of hydrogen-bond donors (Lipinski definition) is 3. The fourth-order valence-corrected chi connectivity index (χ4v) is 3.35. The minimum absolute atomic E-state index is 0.0387. The lowest BCUT2D eigenvalue weighted by Crippen LogP contribution is -2.36. The number of nitrogens with zero attached hydrogens (tertiary/aromatic N) is 1. The number of ether oxygens (including phenoxy) is 2. The van der Waals surface area contributed by atoms with Gasteiger partial charge in [-0.1, -0.05) is 6.92 Å². The van der Waals surface area contributed by atoms with E-state index in [4.69, 9.17) is 19.3 Å². The zero-order valence-corrected chi connectivity index (χ0v) is 12.9. The van der Waals surface area contributed by atoms with Crippen LogP contribution < -0.4 is 11.2 Å². The molecular weight excluding hydrogens is 315 g/mol. The first kappa shape index (κ1) is 15.6. The Morgan fingerprint density at radius 3 is 2.86 bits per heavy atom. The van der Waals surface area contributed by atoms with Crippen LogP contribution in [0.25, 0.3) is 0 Å². The fourth-order valence-electron chi connectivity index (χ4n) is 2.96. The Balaban J connectivity index is 1.84. The first-order valence-electron chi connectivity index (χ1n) is 6.81. The van der Waals surface area contributed by atoms with E-state index in [1.165, 1.54) is 10.8 Å². The third kappa shape index (κ3) is 2.59. The van der Waals surface area contributed by atoms with Gasteiger partial charge >= 0.3 is 13.3 Å². The van der Waals surface area contributed by atoms with Crippen LogP contribution in [0.4, 0.5) is 0 Å². The molecule has 9 nitrogen and oxygen atoms in total. The molecule has 1 aromatic heterocycles. The van der Waals surface area contributed by atoms with E-state index in [1.807, 2.05) is 6.92 Å². The summed E-state index contributed by atoms with van der Waals surface area (Å²) < 4.78 is 23.3. The highest BCUT2D eigenvalue weighted by atomic mass is 31.2. The van der Waals surface area contributed by atoms with Crippen LogP contribution in [-0.2, 0) is 14.0 Å². The van der Waals surface area contributed by atoms with Gasteiger partial charge in [-0.3, -0.25) is 18.9 Å². The Labute approximate surface area is 125 Å². The first-order chi connectivity index (χ1) is 10.1. The van der Waals surface area contributed by atoms with Crippen molar-refractivity contribution in [3.63, 3.8) is 0 Å². The van der Waals surface area contributed by atoms with E-state index in [2.05, 4.69) is 4.98 Å². The molecule has 122 valence electrons. The summed E-state index contributed by atoms with van der Waals surface area (Å²) in [5, 5.41) is 0. The standard InChI is InChI=1S/C12H17N2O7P/c1-6-4-14(11(16)13-9(6)15)10-7(2)8-3-12(8,21-10)20-5-22(17,18)19/h4,7-8,10H,3,5H2,1-2H3,(H,13,15,16)(H2,17,18,19)/t7-,8+,10-,12?/m1/s1. The van der Waals surface area contributed by atoms with Crippen molar-refractivity contribution in [3.8, 4) is 0 Å². The Kier molecular flexibility index (Phi) is 3.46. The molecule has 3 rings (SSSR count). The minimum atomic E-state index is -4.29. The summed E-state index contributed by atoms with van der Waals surface area (Å²) >= 11 is 0. The molecule has 1 unspecified atom stereocenters. The van der Waals surface area contributed by atoms with Gasteiger partial charge in [0.2, 0.25) is 0 Å². The number of aromatic amines is 1. The van der Waals surface area contributed by atoms with Gasteiger partial charge in [0.25, 0.3) is 5.56 Å². The lowest BCUT2D eigenvalue weighted by molar-refractivity contribution is -0.186. The van der Waals surface area contributed by atoms with E-state index in [0.29, 0.717) is 12.0 Å². The van der Waals surface area contributed by atoms with Gasteiger partial charge in [-0.15, -0.1) is 0 Å². The third-order valence-corrected chi connectivity index (χ3v) is 4.68. The molecule has 3 N–H and O–H groups in total. The molecule has 2 aliphatic rings. The highest BCUT2D eigenvalue weighted by Gasteiger charge is 2.68. The second kappa shape index (κ2) is 4.87. The van der Waals surface area contributed by atoms with Gasteiger partial charge in [0, 0.05) is 30.0 Å². The molecule has 4 atom stereocenters. The van der Waals surface area contributed by atoms with Crippen LogP contribution in [0.2, 0.25) is 0 Å². The second-order valence-electron chi connectivity index (χ2n) is 5.91. The molecule has 2 fully saturated rings. The molecule has 2 heterocycles. The van der Waals surface area contributed by atoms with Crippen molar-refractivity contribution in [1.82, 2.24) is 9.55 Å². The van der Waals surface area contributed by atoms with Gasteiger partial charge in [-0.2, -0.15) is 0 Å². The Hall–Kier alpha value is -1.25. The number of rotatable bonds is 4. The van der Waals surface area contributed by atoms with Gasteiger partial charge in [-0.25, -0.2) is 4.79 Å². The molecule has 1 aliphatic carbocycles. The molecule has 1 saturated heterocycles. The first-order valence-corrected chi connectivity index (χ1v) is 8.61. The number of aromatic nitrogens is 2. The molecule has 0 amide bonds. The van der Waals surface area contributed by atoms with Crippen molar-refractivity contribution in [2.24, 2.45) is 11.8 Å². The number of aryl methyl sites for hydroxylation is 1. The molecule has 1 aliphatic heterocycles. The Morgan fingerprint density at radius 1 is 1.55 bits per heavy atom. The largest absolute Gasteiger partial charge is 0.351 e. The molecule has 0 spiro atoms. The molecule has 22 heavy (non-hydrogen) atoms. The molecular formula is C12H17N2O7P. The highest BCUT2D eigenvalue weighted by molar-refractivity contribution is 7.51. The summed E-state index contributed by atoms with van der Waals surface area (Å²) in [6, 6.07) is 0. The molecule has 1 saturated carbocycles. The normalized spacial score (nSPS) is 33.7. The smallest absolute Gasteiger partial charge is 0.337 e. The summed E-state index contributed by atoms with van der Waals surface area (Å²) in [5.74, 6) is -1.17. The van der Waals surface area contributed by atoms with Crippen LogP contribution in [0.1, 0.15) is 25.1 Å². The minimum Gasteiger partial charge on any atom is -0.337 e. The lowest BCUT2D eigenvalue weighted by atomic mass is 10.1. The Morgan fingerprint density at radius 2 is 2.23 bits per heavy atom. The van der Waals surface area contributed by atoms with Crippen LogP contribution in [0, 0.1) is 18.8 Å². The van der Waals surface area contributed by atoms with Crippen LogP contribution in [0.3, 0.4) is 0 Å². The van der Waals surface area contributed by atoms with Crippen LogP contribution in [0.5, 0.6) is 0 Å². The van der Waals surface area contributed by atoms with Gasteiger partial charge in [0.1, 0.15) is 6.23 Å². The van der Waals surface area contributed by atoms with E-state index in [9.17, 15) is 14.2 Å². The molecule has 1 aromatic rings. The number of fused-ring (bicyclic) bond motifs is 1. The maximum absolute atomic E-state index is 11.9. The van der Waals surface area contributed by atoms with Gasteiger partial charge in [0.15, 0.2) is 12.1 Å². The zero-order chi connectivity index (χ0) is 16.3. The van der Waals surface area contributed by atoms with E-state index in [1.54, 1.807) is 6.92 Å². The van der Waals surface area contributed by atoms with Crippen molar-refractivity contribution in [1.29, 1.82) is 0 Å². The number of nitrogens with one attached hydrogen (secondary N) is 1. The third-order valence-electron chi connectivity index (χ3n) is 4.21. The second-order valence-corrected chi connectivity index (χ2v) is 7.49. The Bertz CT molecular complexity index is 765. The summed E-state index contributed by atoms with van der Waals surface area (Å²) in [5.41, 5.74) is -0.662. The highest BCUT2D eigenvalue weighted by Crippen LogP contribution is 2.63. The number of H-pyrrole nitrogens is 1. The monoisotopic (exact) mass is 332 g/mol. The summed E-state index contributed by atoms with van der Waals surface area (Å²) in [6.45, 7) is 3.45. The lowest BCUT2D eigenvalue weighted by Gasteiger charge is -2.23. The van der Waals surface area contributed by atoms with Crippen LogP contribution in [0.15, 0.2) is 15.8 Å². The summed E-state index contributed by atoms with van der Waals surface area (Å²) in [6.07, 6.45) is 0.590. The topological polar surface area (TPSA) is 131 Å². The average molecular weight is 332 g/mol. The maximum atomic E-state index is 11.9. The van der Waals surface area contributed by atoms with E-state index in [-0.39, 0.29) is 11.8 Å². The van der Waals surface area contributed by atoms with Crippen molar-refractivity contribution in [2.45, 2.75) is 32.3 Å². The van der Waals surface area contributed by atoms with E-state index < -0.39 is 37.2 Å². The van der Waals surface area contributed by atoms with E-state index >= 15 is 0 Å². The SMILES string of the molecule is Cc1cn([C@@H]2OC3(OCP(=O)(O)O)C[C@H]3[C@H]2C)c(=O)[nH]c1=O. The molecule has 0 bridgehead atoms. The van der Waals surface area contributed by atoms with Gasteiger partial charge in [0.05, 0.1) is 0 Å². The quantitative estimate of drug-likeness (QED) is 0.655. The average Bonchev–Trinajstić information content (AvgIpc) is 3.05.